The summed E-state index contributed by atoms with van der Waals surface area (Å²) in [6.07, 6.45) is 7.98. The fourth-order valence-corrected chi connectivity index (χ4v) is 14.6. The summed E-state index contributed by atoms with van der Waals surface area (Å²) in [5.74, 6) is 1.82. The van der Waals surface area contributed by atoms with Gasteiger partial charge in [-0.05, 0) is 123 Å². The largest absolute Gasteiger partial charge is 0.390 e. The number of aliphatic hydroxyl groups is 2. The molecule has 0 amide bonds. The first-order valence-electron chi connectivity index (χ1n) is 20.3. The predicted octanol–water partition coefficient (Wildman–Crippen LogP) is 7.22. The lowest BCUT2D eigenvalue weighted by Crippen LogP contribution is -2.60. The molecular weight excluding hydrogens is 626 g/mol. The molecule has 7 aliphatic rings. The van der Waals surface area contributed by atoms with Crippen LogP contribution in [0.1, 0.15) is 112 Å². The lowest BCUT2D eigenvalue weighted by atomic mass is 9.41. The smallest absolute Gasteiger partial charge is 0.170 e. The van der Waals surface area contributed by atoms with E-state index in [-0.39, 0.29) is 40.8 Å². The van der Waals surface area contributed by atoms with Crippen LogP contribution >= 0.6 is 0 Å². The van der Waals surface area contributed by atoms with Crippen LogP contribution in [0.4, 0.5) is 0 Å². The molecule has 8 rings (SSSR count). The van der Waals surface area contributed by atoms with E-state index in [0.717, 1.165) is 39.1 Å². The fraction of sp³-hybridized carbons (Fsp3) is 0.860. The molecule has 2 aliphatic heterocycles. The Morgan fingerprint density at radius 3 is 2.44 bits per heavy atom. The van der Waals surface area contributed by atoms with E-state index in [1.807, 2.05) is 20.8 Å². The second kappa shape index (κ2) is 12.2. The molecule has 7 heteroatoms. The van der Waals surface area contributed by atoms with Gasteiger partial charge in [-0.1, -0.05) is 65.0 Å². The number of ether oxygens (including phenoxy) is 4. The highest BCUT2D eigenvalue weighted by atomic mass is 16.7. The van der Waals surface area contributed by atoms with E-state index >= 15 is 0 Å². The van der Waals surface area contributed by atoms with Gasteiger partial charge in [0.1, 0.15) is 6.10 Å². The third kappa shape index (κ3) is 5.06. The molecule has 50 heavy (non-hydrogen) atoms. The molecule has 14 atom stereocenters. The summed E-state index contributed by atoms with van der Waals surface area (Å²) in [6, 6.07) is 10.8. The summed E-state index contributed by atoms with van der Waals surface area (Å²) in [5, 5.41) is 23.7. The SMILES string of the molecule is CCO[C@@H](C1C[C@@H](C)[C@H]2C(O1)[C@H](O)[C@@]1(C)C3CC[C@H]4C(C)(C)C(O[C@H]5CN(Cc6ccccc6)CCO5)CCC45CC35CCC21C)C(C)(C)O. The number of fused-ring (bicyclic) bond motifs is 4. The zero-order valence-corrected chi connectivity index (χ0v) is 32.3. The molecule has 7 nitrogen and oxygen atoms in total. The predicted molar refractivity (Wildman–Crippen MR) is 194 cm³/mol. The Kier molecular flexibility index (Phi) is 8.79. The lowest BCUT2D eigenvalue weighted by Gasteiger charge is -2.64. The van der Waals surface area contributed by atoms with Gasteiger partial charge in [-0.2, -0.15) is 0 Å². The van der Waals surface area contributed by atoms with Gasteiger partial charge in [0.2, 0.25) is 0 Å². The Bertz CT molecular complexity index is 1400. The highest BCUT2D eigenvalue weighted by Crippen LogP contribution is 2.89. The molecule has 280 valence electrons. The van der Waals surface area contributed by atoms with E-state index in [4.69, 9.17) is 18.9 Å². The fourth-order valence-electron chi connectivity index (χ4n) is 14.6. The molecule has 2 N–H and O–H groups in total. The van der Waals surface area contributed by atoms with E-state index in [0.29, 0.717) is 41.1 Å². The Labute approximate surface area is 302 Å². The minimum atomic E-state index is -1.01. The lowest BCUT2D eigenvalue weighted by molar-refractivity contribution is -0.249. The molecule has 5 aliphatic carbocycles. The first-order valence-corrected chi connectivity index (χ1v) is 20.3. The number of benzene rings is 1. The summed E-state index contributed by atoms with van der Waals surface area (Å²) >= 11 is 0. The Balaban J connectivity index is 1.00. The van der Waals surface area contributed by atoms with Crippen LogP contribution in [0.15, 0.2) is 30.3 Å². The van der Waals surface area contributed by atoms with Crippen molar-refractivity contribution in [2.75, 3.05) is 26.3 Å². The second-order valence-electron chi connectivity index (χ2n) is 19.7. The second-order valence-corrected chi connectivity index (χ2v) is 19.7. The number of morpholine rings is 1. The number of hydrogen-bond donors (Lipinski definition) is 2. The number of aliphatic hydroxyl groups excluding tert-OH is 1. The number of hydrogen-bond acceptors (Lipinski definition) is 7. The molecule has 5 saturated carbocycles. The zero-order chi connectivity index (χ0) is 35.5. The van der Waals surface area contributed by atoms with Crippen LogP contribution in [0.3, 0.4) is 0 Å². The quantitative estimate of drug-likeness (QED) is 0.298. The summed E-state index contributed by atoms with van der Waals surface area (Å²) in [6.45, 7) is 22.0. The Morgan fingerprint density at radius 1 is 1.00 bits per heavy atom. The monoisotopic (exact) mass is 693 g/mol. The summed E-state index contributed by atoms with van der Waals surface area (Å²) < 4.78 is 26.4. The van der Waals surface area contributed by atoms with Crippen molar-refractivity contribution in [1.82, 2.24) is 4.90 Å². The van der Waals surface area contributed by atoms with Crippen molar-refractivity contribution in [2.24, 2.45) is 50.7 Å². The van der Waals surface area contributed by atoms with Gasteiger partial charge in [-0.3, -0.25) is 4.90 Å². The van der Waals surface area contributed by atoms with E-state index in [2.05, 4.69) is 69.9 Å². The molecule has 2 saturated heterocycles. The van der Waals surface area contributed by atoms with Crippen molar-refractivity contribution >= 4 is 0 Å². The molecule has 2 heterocycles. The highest BCUT2D eigenvalue weighted by molar-refractivity contribution is 5.33. The van der Waals surface area contributed by atoms with Crippen molar-refractivity contribution in [2.45, 2.75) is 156 Å². The van der Waals surface area contributed by atoms with Gasteiger partial charge in [0.05, 0.1) is 36.6 Å². The number of nitrogens with zero attached hydrogens (tertiary/aromatic N) is 1. The normalized spacial score (nSPS) is 48.8. The van der Waals surface area contributed by atoms with Crippen molar-refractivity contribution < 1.29 is 29.2 Å². The van der Waals surface area contributed by atoms with Gasteiger partial charge >= 0.3 is 0 Å². The average molecular weight is 694 g/mol. The van der Waals surface area contributed by atoms with Gasteiger partial charge in [0.25, 0.3) is 0 Å². The zero-order valence-electron chi connectivity index (χ0n) is 32.3. The molecular formula is C43H67NO6. The van der Waals surface area contributed by atoms with Crippen LogP contribution in [-0.2, 0) is 25.5 Å². The molecule has 1 aromatic carbocycles. The first kappa shape index (κ1) is 35.9. The van der Waals surface area contributed by atoms with Crippen LogP contribution in [0.2, 0.25) is 0 Å². The van der Waals surface area contributed by atoms with Gasteiger partial charge in [-0.25, -0.2) is 0 Å². The van der Waals surface area contributed by atoms with Crippen molar-refractivity contribution in [1.29, 1.82) is 0 Å². The minimum absolute atomic E-state index is 0.0175. The van der Waals surface area contributed by atoms with Crippen LogP contribution in [0.5, 0.6) is 0 Å². The molecule has 7 unspecified atom stereocenters. The third-order valence-electron chi connectivity index (χ3n) is 16.8. The molecule has 2 spiro atoms. The number of rotatable bonds is 8. The minimum Gasteiger partial charge on any atom is -0.390 e. The van der Waals surface area contributed by atoms with E-state index in [1.165, 1.54) is 44.1 Å². The third-order valence-corrected chi connectivity index (χ3v) is 16.8. The molecule has 0 bridgehead atoms. The topological polar surface area (TPSA) is 80.6 Å². The first-order chi connectivity index (χ1) is 23.6. The van der Waals surface area contributed by atoms with Crippen LogP contribution in [0.25, 0.3) is 0 Å². The van der Waals surface area contributed by atoms with Gasteiger partial charge in [-0.15, -0.1) is 0 Å². The van der Waals surface area contributed by atoms with Crippen molar-refractivity contribution in [3.05, 3.63) is 35.9 Å². The van der Waals surface area contributed by atoms with E-state index < -0.39 is 17.8 Å². The molecule has 7 fully saturated rings. The van der Waals surface area contributed by atoms with E-state index in [1.54, 1.807) is 0 Å². The maximum atomic E-state index is 12.6. The summed E-state index contributed by atoms with van der Waals surface area (Å²) in [5.41, 5.74) is 0.862. The van der Waals surface area contributed by atoms with E-state index in [9.17, 15) is 10.2 Å². The van der Waals surface area contributed by atoms with Crippen LogP contribution in [0, 0.1) is 50.7 Å². The maximum Gasteiger partial charge on any atom is 0.170 e. The van der Waals surface area contributed by atoms with Gasteiger partial charge in [0.15, 0.2) is 6.29 Å². The maximum absolute atomic E-state index is 12.6. The average Bonchev–Trinajstić information content (AvgIpc) is 3.70. The van der Waals surface area contributed by atoms with Crippen LogP contribution in [-0.4, -0.2) is 83.8 Å². The highest BCUT2D eigenvalue weighted by Gasteiger charge is 2.84. The molecule has 1 aromatic rings. The van der Waals surface area contributed by atoms with Gasteiger partial charge < -0.3 is 29.2 Å². The molecule has 0 radical (unpaired) electrons. The Morgan fingerprint density at radius 2 is 1.72 bits per heavy atom. The van der Waals surface area contributed by atoms with Gasteiger partial charge in [0, 0.05) is 31.7 Å². The standard InChI is InChI=1S/C43H67NO6/c1-9-47-37(39(5,6)46)29-23-27(2)34-35(49-29)36(45)41(8)31-16-15-30-38(3,4)32(17-18-42(30)26-43(31,42)20-19-40(34,41)7)50-33-25-44(21-22-48-33)24-28-13-11-10-12-14-28/h10-14,27,29-37,45-46H,9,15-26H2,1-8H3/t27-,29?,30+,31?,32?,33+,34+,35?,36+,37+,40?,41-,42?,43?/m1/s1. The van der Waals surface area contributed by atoms with Crippen molar-refractivity contribution in [3.63, 3.8) is 0 Å². The van der Waals surface area contributed by atoms with Crippen LogP contribution < -0.4 is 0 Å². The summed E-state index contributed by atoms with van der Waals surface area (Å²) in [7, 11) is 0. The summed E-state index contributed by atoms with van der Waals surface area (Å²) in [4.78, 5) is 2.49. The van der Waals surface area contributed by atoms with Crippen molar-refractivity contribution in [3.8, 4) is 0 Å². The Hall–Kier alpha value is -1.06. The molecule has 0 aromatic heterocycles.